The van der Waals surface area contributed by atoms with Gasteiger partial charge in [0.05, 0.1) is 18.8 Å². The van der Waals surface area contributed by atoms with E-state index in [9.17, 15) is 4.79 Å². The molecule has 0 radical (unpaired) electrons. The molecular formula is C16H24N2O2. The molecule has 0 amide bonds. The molecule has 110 valence electrons. The molecule has 2 unspecified atom stereocenters. The van der Waals surface area contributed by atoms with Gasteiger partial charge in [-0.25, -0.2) is 0 Å². The van der Waals surface area contributed by atoms with Gasteiger partial charge in [-0.15, -0.1) is 0 Å². The molecule has 0 bridgehead atoms. The number of hydrogen-bond acceptors (Lipinski definition) is 4. The lowest BCUT2D eigenvalue weighted by Gasteiger charge is -2.28. The molecule has 4 nitrogen and oxygen atoms in total. The summed E-state index contributed by atoms with van der Waals surface area (Å²) in [6.45, 7) is 2.58. The first-order valence-corrected chi connectivity index (χ1v) is 7.26. The van der Waals surface area contributed by atoms with E-state index in [0.717, 1.165) is 38.1 Å². The fraction of sp³-hybridized carbons (Fsp3) is 0.562. The number of carbonyl (C=O) groups excluding carboxylic acids is 1. The second kappa shape index (κ2) is 7.53. The van der Waals surface area contributed by atoms with Gasteiger partial charge in [0.2, 0.25) is 0 Å². The second-order valence-electron chi connectivity index (χ2n) is 5.48. The van der Waals surface area contributed by atoms with Crippen molar-refractivity contribution in [3.8, 4) is 0 Å². The average Bonchev–Trinajstić information content (AvgIpc) is 2.49. The van der Waals surface area contributed by atoms with Gasteiger partial charge in [-0.3, -0.25) is 9.69 Å². The van der Waals surface area contributed by atoms with E-state index in [1.54, 1.807) is 0 Å². The molecular weight excluding hydrogens is 252 g/mol. The molecule has 2 rings (SSSR count). The normalized spacial score (nSPS) is 20.9. The van der Waals surface area contributed by atoms with E-state index in [1.807, 2.05) is 49.3 Å². The zero-order valence-corrected chi connectivity index (χ0v) is 12.3. The van der Waals surface area contributed by atoms with Gasteiger partial charge < -0.3 is 10.1 Å². The van der Waals surface area contributed by atoms with Gasteiger partial charge in [-0.05, 0) is 26.9 Å². The van der Waals surface area contributed by atoms with Crippen LogP contribution in [0, 0.1) is 0 Å². The number of rotatable bonds is 6. The first-order chi connectivity index (χ1) is 9.68. The van der Waals surface area contributed by atoms with Gasteiger partial charge in [0.25, 0.3) is 0 Å². The van der Waals surface area contributed by atoms with E-state index in [4.69, 9.17) is 4.74 Å². The summed E-state index contributed by atoms with van der Waals surface area (Å²) in [6.07, 6.45) is 1.97. The lowest BCUT2D eigenvalue weighted by molar-refractivity contribution is 0.0187. The van der Waals surface area contributed by atoms with Crippen molar-refractivity contribution in [1.29, 1.82) is 0 Å². The predicted octanol–water partition coefficient (Wildman–Crippen LogP) is 1.57. The number of nitrogens with zero attached hydrogens (tertiary/aromatic N) is 1. The summed E-state index contributed by atoms with van der Waals surface area (Å²) in [6, 6.07) is 9.45. The van der Waals surface area contributed by atoms with Crippen molar-refractivity contribution in [2.24, 2.45) is 0 Å². The third-order valence-corrected chi connectivity index (χ3v) is 3.75. The zero-order valence-electron chi connectivity index (χ0n) is 12.3. The highest BCUT2D eigenvalue weighted by molar-refractivity contribution is 6.00. The van der Waals surface area contributed by atoms with Crippen LogP contribution in [0.4, 0.5) is 0 Å². The number of likely N-dealkylation sites (N-methyl/N-ethyl adjacent to an activating group) is 1. The van der Waals surface area contributed by atoms with Crippen molar-refractivity contribution in [3.63, 3.8) is 0 Å². The number of benzene rings is 1. The molecule has 1 fully saturated rings. The number of Topliss-reactive ketones (excluding diaryl/α,β-unsaturated/α-hetero) is 1. The average molecular weight is 276 g/mol. The molecule has 1 aromatic rings. The van der Waals surface area contributed by atoms with Crippen LogP contribution in [0.25, 0.3) is 0 Å². The Morgan fingerprint density at radius 1 is 1.40 bits per heavy atom. The second-order valence-corrected chi connectivity index (χ2v) is 5.48. The molecule has 0 spiro atoms. The van der Waals surface area contributed by atoms with Crippen molar-refractivity contribution < 1.29 is 9.53 Å². The standard InChI is InChI=1S/C16H24N2O2/c1-18(2)15(9-8-14-12-17-10-11-20-14)16(19)13-6-4-3-5-7-13/h3-7,14-15,17H,8-12H2,1-2H3. The molecule has 0 aliphatic carbocycles. The Kier molecular flexibility index (Phi) is 5.71. The molecule has 1 N–H and O–H groups in total. The fourth-order valence-electron chi connectivity index (χ4n) is 2.57. The minimum Gasteiger partial charge on any atom is -0.376 e. The molecule has 1 heterocycles. The maximum Gasteiger partial charge on any atom is 0.179 e. The number of nitrogens with one attached hydrogen (secondary N) is 1. The first kappa shape index (κ1) is 15.2. The Morgan fingerprint density at radius 3 is 2.75 bits per heavy atom. The van der Waals surface area contributed by atoms with Crippen molar-refractivity contribution >= 4 is 5.78 Å². The lowest BCUT2D eigenvalue weighted by atomic mass is 9.97. The summed E-state index contributed by atoms with van der Waals surface area (Å²) in [7, 11) is 3.93. The quantitative estimate of drug-likeness (QED) is 0.801. The van der Waals surface area contributed by atoms with E-state index in [2.05, 4.69) is 5.32 Å². The first-order valence-electron chi connectivity index (χ1n) is 7.26. The van der Waals surface area contributed by atoms with Crippen LogP contribution in [0.5, 0.6) is 0 Å². The largest absolute Gasteiger partial charge is 0.376 e. The molecule has 1 aliphatic rings. The third kappa shape index (κ3) is 4.13. The number of ketones is 1. The van der Waals surface area contributed by atoms with Crippen LogP contribution in [-0.4, -0.2) is 56.6 Å². The van der Waals surface area contributed by atoms with Crippen LogP contribution < -0.4 is 5.32 Å². The van der Waals surface area contributed by atoms with Crippen LogP contribution in [0.2, 0.25) is 0 Å². The van der Waals surface area contributed by atoms with Crippen LogP contribution in [0.3, 0.4) is 0 Å². The summed E-state index contributed by atoms with van der Waals surface area (Å²) in [5, 5.41) is 3.33. The highest BCUT2D eigenvalue weighted by Crippen LogP contribution is 2.15. The molecule has 1 saturated heterocycles. The van der Waals surface area contributed by atoms with Crippen LogP contribution in [0.1, 0.15) is 23.2 Å². The molecule has 0 saturated carbocycles. The van der Waals surface area contributed by atoms with Crippen molar-refractivity contribution in [3.05, 3.63) is 35.9 Å². The zero-order chi connectivity index (χ0) is 14.4. The summed E-state index contributed by atoms with van der Waals surface area (Å²) < 4.78 is 5.70. The highest BCUT2D eigenvalue weighted by Gasteiger charge is 2.24. The Balaban J connectivity index is 1.94. The topological polar surface area (TPSA) is 41.6 Å². The van der Waals surface area contributed by atoms with Gasteiger partial charge in [0, 0.05) is 18.7 Å². The Morgan fingerprint density at radius 2 is 2.15 bits per heavy atom. The Hall–Kier alpha value is -1.23. The minimum atomic E-state index is -0.0806. The van der Waals surface area contributed by atoms with Crippen molar-refractivity contribution in [1.82, 2.24) is 10.2 Å². The fourth-order valence-corrected chi connectivity index (χ4v) is 2.57. The molecule has 4 heteroatoms. The number of ether oxygens (including phenoxy) is 1. The molecule has 0 aromatic heterocycles. The van der Waals surface area contributed by atoms with Gasteiger partial charge in [0.1, 0.15) is 0 Å². The van der Waals surface area contributed by atoms with Crippen LogP contribution in [-0.2, 0) is 4.74 Å². The third-order valence-electron chi connectivity index (χ3n) is 3.75. The Labute approximate surface area is 121 Å². The SMILES string of the molecule is CN(C)C(CCC1CNCCO1)C(=O)c1ccccc1. The number of hydrogen-bond donors (Lipinski definition) is 1. The number of morpholine rings is 1. The summed E-state index contributed by atoms with van der Waals surface area (Å²) in [5.41, 5.74) is 0.786. The van der Waals surface area contributed by atoms with E-state index in [-0.39, 0.29) is 17.9 Å². The number of carbonyl (C=O) groups is 1. The van der Waals surface area contributed by atoms with Gasteiger partial charge in [-0.1, -0.05) is 30.3 Å². The predicted molar refractivity (Wildman–Crippen MR) is 80.1 cm³/mol. The van der Waals surface area contributed by atoms with Crippen LogP contribution >= 0.6 is 0 Å². The van der Waals surface area contributed by atoms with E-state index >= 15 is 0 Å². The lowest BCUT2D eigenvalue weighted by Crippen LogP contribution is -2.41. The maximum atomic E-state index is 12.6. The van der Waals surface area contributed by atoms with E-state index < -0.39 is 0 Å². The summed E-state index contributed by atoms with van der Waals surface area (Å²) >= 11 is 0. The molecule has 2 atom stereocenters. The molecule has 20 heavy (non-hydrogen) atoms. The maximum absolute atomic E-state index is 12.6. The Bertz CT molecular complexity index is 414. The summed E-state index contributed by atoms with van der Waals surface area (Å²) in [5.74, 6) is 0.194. The van der Waals surface area contributed by atoms with E-state index in [0.29, 0.717) is 0 Å². The minimum absolute atomic E-state index is 0.0806. The van der Waals surface area contributed by atoms with Crippen molar-refractivity contribution in [2.45, 2.75) is 25.0 Å². The van der Waals surface area contributed by atoms with Crippen molar-refractivity contribution in [2.75, 3.05) is 33.8 Å². The van der Waals surface area contributed by atoms with Gasteiger partial charge >= 0.3 is 0 Å². The van der Waals surface area contributed by atoms with Gasteiger partial charge in [0.15, 0.2) is 5.78 Å². The van der Waals surface area contributed by atoms with E-state index in [1.165, 1.54) is 0 Å². The molecule has 1 aliphatic heterocycles. The smallest absolute Gasteiger partial charge is 0.179 e. The van der Waals surface area contributed by atoms with Gasteiger partial charge in [-0.2, -0.15) is 0 Å². The van der Waals surface area contributed by atoms with Crippen LogP contribution in [0.15, 0.2) is 30.3 Å². The monoisotopic (exact) mass is 276 g/mol. The summed E-state index contributed by atoms with van der Waals surface area (Å²) in [4.78, 5) is 14.6. The molecule has 1 aromatic carbocycles. The highest BCUT2D eigenvalue weighted by atomic mass is 16.5.